The maximum absolute atomic E-state index is 9.73. The fourth-order valence-corrected chi connectivity index (χ4v) is 1.95. The second kappa shape index (κ2) is 8.01. The van der Waals surface area contributed by atoms with E-state index in [-0.39, 0.29) is 6.10 Å². The third-order valence-electron chi connectivity index (χ3n) is 3.20. The van der Waals surface area contributed by atoms with Crippen LogP contribution in [-0.2, 0) is 9.47 Å². The molecule has 2 atom stereocenters. The Kier molecular flexibility index (Phi) is 6.96. The second-order valence-electron chi connectivity index (χ2n) is 4.59. The smallest absolute Gasteiger partial charge is 0.0700 e. The predicted octanol–water partition coefficient (Wildman–Crippen LogP) is 0.742. The molecule has 0 aromatic heterocycles. The van der Waals surface area contributed by atoms with Crippen molar-refractivity contribution in [2.75, 3.05) is 46.6 Å². The molecular weight excluding hydrogens is 206 g/mol. The summed E-state index contributed by atoms with van der Waals surface area (Å²) in [4.78, 5) is 2.32. The van der Waals surface area contributed by atoms with Gasteiger partial charge in [-0.1, -0.05) is 6.92 Å². The number of aliphatic hydroxyl groups is 1. The van der Waals surface area contributed by atoms with Crippen LogP contribution in [0.25, 0.3) is 0 Å². The van der Waals surface area contributed by atoms with Crippen LogP contribution in [0.1, 0.15) is 19.8 Å². The molecule has 1 N–H and O–H groups in total. The number of nitrogens with zero attached hydrogens (tertiary/aromatic N) is 1. The number of piperidine rings is 1. The average Bonchev–Trinajstić information content (AvgIpc) is 2.28. The van der Waals surface area contributed by atoms with Gasteiger partial charge in [0, 0.05) is 26.8 Å². The van der Waals surface area contributed by atoms with Gasteiger partial charge in [-0.2, -0.15) is 0 Å². The van der Waals surface area contributed by atoms with Gasteiger partial charge in [-0.15, -0.1) is 0 Å². The normalized spacial score (nSPS) is 27.2. The van der Waals surface area contributed by atoms with Crippen LogP contribution >= 0.6 is 0 Å². The number of aliphatic hydroxyl groups excluding tert-OH is 1. The molecule has 0 aliphatic carbocycles. The molecule has 0 amide bonds. The summed E-state index contributed by atoms with van der Waals surface area (Å²) in [6.45, 7) is 7.20. The van der Waals surface area contributed by atoms with E-state index in [1.165, 1.54) is 0 Å². The van der Waals surface area contributed by atoms with Crippen molar-refractivity contribution in [2.24, 2.45) is 5.92 Å². The van der Waals surface area contributed by atoms with E-state index < -0.39 is 0 Å². The number of hydrogen-bond acceptors (Lipinski definition) is 4. The number of methoxy groups -OCH3 is 1. The van der Waals surface area contributed by atoms with E-state index >= 15 is 0 Å². The number of β-amino-alcohol motifs (C(OH)–C–C–N with tert-alkyl or cyclic N) is 1. The topological polar surface area (TPSA) is 41.9 Å². The van der Waals surface area contributed by atoms with Crippen LogP contribution in [0.4, 0.5) is 0 Å². The van der Waals surface area contributed by atoms with Crippen LogP contribution in [0.15, 0.2) is 0 Å². The van der Waals surface area contributed by atoms with Crippen molar-refractivity contribution in [1.29, 1.82) is 0 Å². The zero-order chi connectivity index (χ0) is 11.8. The minimum absolute atomic E-state index is 0.150. The van der Waals surface area contributed by atoms with Gasteiger partial charge in [-0.25, -0.2) is 0 Å². The van der Waals surface area contributed by atoms with E-state index in [4.69, 9.17) is 9.47 Å². The molecule has 1 rings (SSSR count). The summed E-state index contributed by atoms with van der Waals surface area (Å²) in [6, 6.07) is 0. The Morgan fingerprint density at radius 2 is 2.12 bits per heavy atom. The van der Waals surface area contributed by atoms with Gasteiger partial charge in [0.1, 0.15) is 0 Å². The molecule has 2 unspecified atom stereocenters. The first kappa shape index (κ1) is 13.9. The third kappa shape index (κ3) is 5.25. The van der Waals surface area contributed by atoms with Crippen molar-refractivity contribution >= 4 is 0 Å². The standard InChI is InChI=1S/C12H25NO3/c1-11-4-6-13(10-12(11)14)5-3-7-16-9-8-15-2/h11-12,14H,3-10H2,1-2H3. The van der Waals surface area contributed by atoms with Crippen molar-refractivity contribution in [3.8, 4) is 0 Å². The highest BCUT2D eigenvalue weighted by molar-refractivity contribution is 4.76. The average molecular weight is 231 g/mol. The SMILES string of the molecule is COCCOCCCN1CCC(C)C(O)C1. The summed E-state index contributed by atoms with van der Waals surface area (Å²) < 4.78 is 10.3. The quantitative estimate of drug-likeness (QED) is 0.656. The Bertz CT molecular complexity index is 178. The van der Waals surface area contributed by atoms with Gasteiger partial charge in [-0.05, 0) is 25.3 Å². The molecule has 4 nitrogen and oxygen atoms in total. The second-order valence-corrected chi connectivity index (χ2v) is 4.59. The van der Waals surface area contributed by atoms with Gasteiger partial charge < -0.3 is 19.5 Å². The van der Waals surface area contributed by atoms with Crippen LogP contribution in [0, 0.1) is 5.92 Å². The van der Waals surface area contributed by atoms with Crippen molar-refractivity contribution in [3.05, 3.63) is 0 Å². The van der Waals surface area contributed by atoms with Gasteiger partial charge in [0.25, 0.3) is 0 Å². The Balaban J connectivity index is 1.97. The zero-order valence-corrected chi connectivity index (χ0v) is 10.5. The molecule has 1 fully saturated rings. The van der Waals surface area contributed by atoms with E-state index in [1.54, 1.807) is 7.11 Å². The number of likely N-dealkylation sites (tertiary alicyclic amines) is 1. The summed E-state index contributed by atoms with van der Waals surface area (Å²) >= 11 is 0. The Morgan fingerprint density at radius 1 is 1.31 bits per heavy atom. The first-order valence-electron chi connectivity index (χ1n) is 6.21. The molecule has 0 aromatic carbocycles. The number of rotatable bonds is 7. The lowest BCUT2D eigenvalue weighted by Crippen LogP contribution is -2.43. The van der Waals surface area contributed by atoms with Crippen LogP contribution in [-0.4, -0.2) is 62.7 Å². The first-order valence-corrected chi connectivity index (χ1v) is 6.21. The molecule has 0 spiro atoms. The highest BCUT2D eigenvalue weighted by atomic mass is 16.5. The molecule has 96 valence electrons. The van der Waals surface area contributed by atoms with E-state index in [9.17, 15) is 5.11 Å². The third-order valence-corrected chi connectivity index (χ3v) is 3.20. The molecular formula is C12H25NO3. The van der Waals surface area contributed by atoms with Gasteiger partial charge in [0.15, 0.2) is 0 Å². The van der Waals surface area contributed by atoms with Crippen LogP contribution < -0.4 is 0 Å². The van der Waals surface area contributed by atoms with Crippen LogP contribution in [0.2, 0.25) is 0 Å². The lowest BCUT2D eigenvalue weighted by atomic mass is 9.96. The van der Waals surface area contributed by atoms with E-state index in [0.29, 0.717) is 19.1 Å². The van der Waals surface area contributed by atoms with Crippen LogP contribution in [0.3, 0.4) is 0 Å². The van der Waals surface area contributed by atoms with Gasteiger partial charge in [0.2, 0.25) is 0 Å². The summed E-state index contributed by atoms with van der Waals surface area (Å²) in [5.74, 6) is 0.453. The lowest BCUT2D eigenvalue weighted by Gasteiger charge is -2.34. The predicted molar refractivity (Wildman–Crippen MR) is 63.5 cm³/mol. The Morgan fingerprint density at radius 3 is 2.81 bits per heavy atom. The van der Waals surface area contributed by atoms with E-state index in [0.717, 1.165) is 39.1 Å². The van der Waals surface area contributed by atoms with Crippen molar-refractivity contribution in [2.45, 2.75) is 25.9 Å². The summed E-state index contributed by atoms with van der Waals surface area (Å²) in [6.07, 6.45) is 1.99. The zero-order valence-electron chi connectivity index (χ0n) is 10.5. The fraction of sp³-hybridized carbons (Fsp3) is 1.00. The van der Waals surface area contributed by atoms with Gasteiger partial charge in [-0.3, -0.25) is 0 Å². The number of hydrogen-bond donors (Lipinski definition) is 1. The molecule has 1 aliphatic heterocycles. The van der Waals surface area contributed by atoms with Gasteiger partial charge in [0.05, 0.1) is 19.3 Å². The van der Waals surface area contributed by atoms with E-state index in [1.807, 2.05) is 0 Å². The fourth-order valence-electron chi connectivity index (χ4n) is 1.95. The highest BCUT2D eigenvalue weighted by Crippen LogP contribution is 2.16. The molecule has 0 saturated carbocycles. The molecule has 1 heterocycles. The molecule has 1 saturated heterocycles. The molecule has 0 radical (unpaired) electrons. The van der Waals surface area contributed by atoms with Crippen molar-refractivity contribution in [3.63, 3.8) is 0 Å². The minimum atomic E-state index is -0.150. The highest BCUT2D eigenvalue weighted by Gasteiger charge is 2.23. The Labute approximate surface area is 98.5 Å². The Hall–Kier alpha value is -0.160. The number of ether oxygens (including phenoxy) is 2. The molecule has 4 heteroatoms. The molecule has 0 aromatic rings. The molecule has 0 bridgehead atoms. The molecule has 16 heavy (non-hydrogen) atoms. The monoisotopic (exact) mass is 231 g/mol. The largest absolute Gasteiger partial charge is 0.392 e. The van der Waals surface area contributed by atoms with Crippen molar-refractivity contribution in [1.82, 2.24) is 4.90 Å². The van der Waals surface area contributed by atoms with Gasteiger partial charge >= 0.3 is 0 Å². The maximum Gasteiger partial charge on any atom is 0.0700 e. The van der Waals surface area contributed by atoms with Crippen LogP contribution in [0.5, 0.6) is 0 Å². The summed E-state index contributed by atoms with van der Waals surface area (Å²) in [5.41, 5.74) is 0. The minimum Gasteiger partial charge on any atom is -0.392 e. The first-order chi connectivity index (χ1) is 7.74. The van der Waals surface area contributed by atoms with Crippen molar-refractivity contribution < 1.29 is 14.6 Å². The van der Waals surface area contributed by atoms with E-state index in [2.05, 4.69) is 11.8 Å². The maximum atomic E-state index is 9.73. The summed E-state index contributed by atoms with van der Waals surface area (Å²) in [7, 11) is 1.68. The lowest BCUT2D eigenvalue weighted by molar-refractivity contribution is 0.0215. The summed E-state index contributed by atoms with van der Waals surface area (Å²) in [5, 5.41) is 9.73. The molecule has 1 aliphatic rings.